The van der Waals surface area contributed by atoms with E-state index in [1.54, 1.807) is 0 Å². The molecule has 0 amide bonds. The molecule has 3 rings (SSSR count). The van der Waals surface area contributed by atoms with Crippen molar-refractivity contribution in [3.05, 3.63) is 83.9 Å². The van der Waals surface area contributed by atoms with Crippen LogP contribution in [0.25, 0.3) is 0 Å². The summed E-state index contributed by atoms with van der Waals surface area (Å²) in [6.45, 7) is 2.06. The van der Waals surface area contributed by atoms with Crippen molar-refractivity contribution in [1.29, 1.82) is 0 Å². The smallest absolute Gasteiger partial charge is 0.118 e. The molecule has 1 fully saturated rings. The second-order valence-electron chi connectivity index (χ2n) is 5.87. The van der Waals surface area contributed by atoms with Crippen molar-refractivity contribution in [2.45, 2.75) is 25.4 Å². The summed E-state index contributed by atoms with van der Waals surface area (Å²) in [6, 6.07) is 20.2. The molecule has 2 aromatic carbocycles. The Hall–Kier alpha value is -1.86. The van der Waals surface area contributed by atoms with E-state index in [-0.39, 0.29) is 5.92 Å². The number of benzene rings is 2. The minimum absolute atomic E-state index is 0.249. The molecule has 0 spiro atoms. The molecule has 0 saturated heterocycles. The van der Waals surface area contributed by atoms with Gasteiger partial charge in [0.2, 0.25) is 0 Å². The van der Waals surface area contributed by atoms with Gasteiger partial charge in [-0.25, -0.2) is 0 Å². The monoisotopic (exact) mass is 278 g/mol. The first-order valence-corrected chi connectivity index (χ1v) is 7.73. The Morgan fingerprint density at radius 3 is 1.81 bits per heavy atom. The van der Waals surface area contributed by atoms with Crippen LogP contribution in [0.5, 0.6) is 0 Å². The van der Waals surface area contributed by atoms with Gasteiger partial charge in [0.25, 0.3) is 0 Å². The summed E-state index contributed by atoms with van der Waals surface area (Å²) in [5.41, 5.74) is 1.09. The summed E-state index contributed by atoms with van der Waals surface area (Å²) in [4.78, 5) is 0. The van der Waals surface area contributed by atoms with Gasteiger partial charge in [-0.3, -0.25) is 0 Å². The van der Waals surface area contributed by atoms with Crippen molar-refractivity contribution < 1.29 is 5.11 Å². The highest BCUT2D eigenvalue weighted by Crippen LogP contribution is 2.50. The average Bonchev–Trinajstić information content (AvgIpc) is 2.53. The minimum atomic E-state index is -0.898. The van der Waals surface area contributed by atoms with Gasteiger partial charge in [-0.2, -0.15) is 0 Å². The quantitative estimate of drug-likeness (QED) is 0.815. The van der Waals surface area contributed by atoms with Crippen molar-refractivity contribution in [1.82, 2.24) is 0 Å². The van der Waals surface area contributed by atoms with Gasteiger partial charge in [0.1, 0.15) is 5.60 Å². The first-order chi connectivity index (χ1) is 10.3. The Balaban J connectivity index is 2.08. The zero-order chi connectivity index (χ0) is 14.7. The van der Waals surface area contributed by atoms with Crippen LogP contribution in [0.4, 0.5) is 0 Å². The van der Waals surface area contributed by atoms with E-state index in [2.05, 4.69) is 19.1 Å². The summed E-state index contributed by atoms with van der Waals surface area (Å²) in [6.07, 6.45) is 6.57. The van der Waals surface area contributed by atoms with Gasteiger partial charge in [0, 0.05) is 5.92 Å². The maximum atomic E-state index is 11.6. The van der Waals surface area contributed by atoms with Crippen LogP contribution in [0.3, 0.4) is 0 Å². The third kappa shape index (κ3) is 2.43. The van der Waals surface area contributed by atoms with Gasteiger partial charge in [-0.1, -0.05) is 72.8 Å². The fraction of sp³-hybridized carbons (Fsp3) is 0.300. The fourth-order valence-electron chi connectivity index (χ4n) is 3.50. The largest absolute Gasteiger partial charge is 0.380 e. The average molecular weight is 278 g/mol. The molecule has 1 aliphatic rings. The number of allylic oxidation sites excluding steroid dienone is 2. The van der Waals surface area contributed by atoms with Crippen molar-refractivity contribution in [3.8, 4) is 0 Å². The predicted octanol–water partition coefficient (Wildman–Crippen LogP) is 4.52. The van der Waals surface area contributed by atoms with Gasteiger partial charge in [-0.15, -0.1) is 0 Å². The zero-order valence-corrected chi connectivity index (χ0v) is 12.4. The van der Waals surface area contributed by atoms with Crippen LogP contribution in [0.15, 0.2) is 72.8 Å². The summed E-state index contributed by atoms with van der Waals surface area (Å²) >= 11 is 0. The molecule has 0 heterocycles. The Kier molecular flexibility index (Phi) is 3.94. The zero-order valence-electron chi connectivity index (χ0n) is 12.4. The number of rotatable bonds is 4. The Labute approximate surface area is 127 Å². The molecule has 2 atom stereocenters. The topological polar surface area (TPSA) is 20.2 Å². The molecule has 0 radical (unpaired) electrons. The Morgan fingerprint density at radius 2 is 1.43 bits per heavy atom. The van der Waals surface area contributed by atoms with Crippen LogP contribution in [-0.2, 0) is 5.60 Å². The van der Waals surface area contributed by atoms with Crippen LogP contribution in [0, 0.1) is 11.8 Å². The third-order valence-corrected chi connectivity index (χ3v) is 4.73. The molecule has 1 unspecified atom stereocenters. The summed E-state index contributed by atoms with van der Waals surface area (Å²) in [7, 11) is 0. The fourth-order valence-corrected chi connectivity index (χ4v) is 3.50. The first kappa shape index (κ1) is 14.1. The molecule has 1 saturated carbocycles. The standard InChI is InChI=1S/C20H22O/c1-2-9-16-14-15-19(16)20(21,17-10-5-3-6-11-17)18-12-7-4-8-13-18/h2-13,16,19,21H,14-15H2,1H3/b9-2-/t16?,19-/m1/s1. The van der Waals surface area contributed by atoms with E-state index in [0.717, 1.165) is 24.0 Å². The van der Waals surface area contributed by atoms with Crippen molar-refractivity contribution in [2.24, 2.45) is 11.8 Å². The van der Waals surface area contributed by atoms with E-state index in [1.807, 2.05) is 60.7 Å². The van der Waals surface area contributed by atoms with Crippen LogP contribution in [0.2, 0.25) is 0 Å². The van der Waals surface area contributed by atoms with Crippen LogP contribution in [0.1, 0.15) is 30.9 Å². The van der Waals surface area contributed by atoms with Gasteiger partial charge >= 0.3 is 0 Å². The number of aliphatic hydroxyl groups is 1. The van der Waals surface area contributed by atoms with Crippen molar-refractivity contribution in [3.63, 3.8) is 0 Å². The van der Waals surface area contributed by atoms with Gasteiger partial charge in [-0.05, 0) is 36.8 Å². The van der Waals surface area contributed by atoms with Crippen molar-refractivity contribution in [2.75, 3.05) is 0 Å². The Bertz CT molecular complexity index is 561. The van der Waals surface area contributed by atoms with Gasteiger partial charge < -0.3 is 5.11 Å². The lowest BCUT2D eigenvalue weighted by molar-refractivity contribution is -0.0438. The second kappa shape index (κ2) is 5.87. The summed E-state index contributed by atoms with van der Waals surface area (Å²) < 4.78 is 0. The van der Waals surface area contributed by atoms with Crippen molar-refractivity contribution >= 4 is 0 Å². The van der Waals surface area contributed by atoms with Crippen LogP contribution < -0.4 is 0 Å². The lowest BCUT2D eigenvalue weighted by Crippen LogP contribution is -2.45. The second-order valence-corrected chi connectivity index (χ2v) is 5.87. The molecule has 2 aromatic rings. The minimum Gasteiger partial charge on any atom is -0.380 e. The molecule has 0 aliphatic heterocycles. The van der Waals surface area contributed by atoms with Gasteiger partial charge in [0.05, 0.1) is 0 Å². The van der Waals surface area contributed by atoms with E-state index < -0.39 is 5.60 Å². The highest BCUT2D eigenvalue weighted by Gasteiger charge is 2.47. The molecule has 1 heteroatoms. The highest BCUT2D eigenvalue weighted by atomic mass is 16.3. The SMILES string of the molecule is C/C=C\C1CC[C@H]1C(O)(c1ccccc1)c1ccccc1. The maximum absolute atomic E-state index is 11.6. The van der Waals surface area contributed by atoms with E-state index in [4.69, 9.17) is 0 Å². The number of hydrogen-bond donors (Lipinski definition) is 1. The van der Waals surface area contributed by atoms with Crippen LogP contribution in [-0.4, -0.2) is 5.11 Å². The maximum Gasteiger partial charge on any atom is 0.118 e. The molecule has 1 N–H and O–H groups in total. The molecule has 21 heavy (non-hydrogen) atoms. The lowest BCUT2D eigenvalue weighted by atomic mass is 9.60. The highest BCUT2D eigenvalue weighted by molar-refractivity contribution is 5.38. The molecule has 108 valence electrons. The van der Waals surface area contributed by atoms with Gasteiger partial charge in [0.15, 0.2) is 0 Å². The molecular formula is C20H22O. The molecule has 0 aromatic heterocycles. The first-order valence-electron chi connectivity index (χ1n) is 7.73. The van der Waals surface area contributed by atoms with Crippen LogP contribution >= 0.6 is 0 Å². The van der Waals surface area contributed by atoms with E-state index in [9.17, 15) is 5.11 Å². The third-order valence-electron chi connectivity index (χ3n) is 4.73. The Morgan fingerprint density at radius 1 is 0.905 bits per heavy atom. The predicted molar refractivity (Wildman–Crippen MR) is 86.9 cm³/mol. The molecule has 0 bridgehead atoms. The normalized spacial score (nSPS) is 22.2. The van der Waals surface area contributed by atoms with E-state index >= 15 is 0 Å². The molecule has 1 aliphatic carbocycles. The van der Waals surface area contributed by atoms with E-state index in [1.165, 1.54) is 0 Å². The molecular weight excluding hydrogens is 256 g/mol. The lowest BCUT2D eigenvalue weighted by Gasteiger charge is -2.47. The molecule has 1 nitrogen and oxygen atoms in total. The summed E-state index contributed by atoms with van der Waals surface area (Å²) in [5.74, 6) is 0.707. The summed E-state index contributed by atoms with van der Waals surface area (Å²) in [5, 5.41) is 11.6. The van der Waals surface area contributed by atoms with E-state index in [0.29, 0.717) is 5.92 Å². The number of hydrogen-bond acceptors (Lipinski definition) is 1.